The van der Waals surface area contributed by atoms with E-state index in [0.29, 0.717) is 6.04 Å². The predicted octanol–water partition coefficient (Wildman–Crippen LogP) is 2.89. The van der Waals surface area contributed by atoms with Crippen LogP contribution in [0.4, 0.5) is 0 Å². The van der Waals surface area contributed by atoms with Gasteiger partial charge in [-0.3, -0.25) is 4.90 Å². The number of hydrogen-bond acceptors (Lipinski definition) is 3. The van der Waals surface area contributed by atoms with E-state index in [9.17, 15) is 0 Å². The number of likely N-dealkylation sites (tertiary alicyclic amines) is 1. The lowest BCUT2D eigenvalue weighted by molar-refractivity contribution is 0.330. The van der Waals surface area contributed by atoms with Crippen molar-refractivity contribution in [2.45, 2.75) is 19.0 Å². The summed E-state index contributed by atoms with van der Waals surface area (Å²) in [6.45, 7) is 3.26. The van der Waals surface area contributed by atoms with Gasteiger partial charge in [-0.25, -0.2) is 0 Å². The van der Waals surface area contributed by atoms with Gasteiger partial charge in [0, 0.05) is 30.6 Å². The van der Waals surface area contributed by atoms with Crippen molar-refractivity contribution in [3.8, 4) is 0 Å². The molecule has 6 heteroatoms. The first-order valence-electron chi connectivity index (χ1n) is 4.46. The van der Waals surface area contributed by atoms with E-state index in [2.05, 4.69) is 33.0 Å². The third kappa shape index (κ3) is 4.59. The fourth-order valence-electron chi connectivity index (χ4n) is 1.66. The van der Waals surface area contributed by atoms with Gasteiger partial charge in [-0.15, -0.1) is 36.2 Å². The average Bonchev–Trinajstić information content (AvgIpc) is 2.62. The van der Waals surface area contributed by atoms with Crippen LogP contribution in [0.3, 0.4) is 0 Å². The van der Waals surface area contributed by atoms with E-state index in [1.54, 1.807) is 0 Å². The maximum atomic E-state index is 5.84. The molecule has 1 saturated heterocycles. The first-order chi connectivity index (χ1) is 6.24. The minimum Gasteiger partial charge on any atom is -0.326 e. The Labute approximate surface area is 115 Å². The lowest BCUT2D eigenvalue weighted by atomic mass is 10.3. The Bertz CT molecular complexity index is 295. The second kappa shape index (κ2) is 7.09. The van der Waals surface area contributed by atoms with E-state index in [4.69, 9.17) is 5.73 Å². The average molecular weight is 334 g/mol. The Morgan fingerprint density at radius 1 is 1.47 bits per heavy atom. The van der Waals surface area contributed by atoms with Crippen LogP contribution < -0.4 is 5.73 Å². The van der Waals surface area contributed by atoms with Crippen molar-refractivity contribution < 1.29 is 0 Å². The topological polar surface area (TPSA) is 29.3 Å². The molecule has 0 amide bonds. The fourth-order valence-corrected chi connectivity index (χ4v) is 3.19. The Hall–Kier alpha value is 0.680. The second-order valence-electron chi connectivity index (χ2n) is 3.49. The Kier molecular flexibility index (Phi) is 7.41. The molecular formula is C9H15BrCl2N2S. The quantitative estimate of drug-likeness (QED) is 0.901. The first kappa shape index (κ1) is 15.7. The fraction of sp³-hybridized carbons (Fsp3) is 0.556. The van der Waals surface area contributed by atoms with E-state index in [0.717, 1.165) is 26.1 Å². The van der Waals surface area contributed by atoms with Gasteiger partial charge in [0.25, 0.3) is 0 Å². The van der Waals surface area contributed by atoms with Crippen molar-refractivity contribution in [3.63, 3.8) is 0 Å². The maximum absolute atomic E-state index is 5.84. The second-order valence-corrected chi connectivity index (χ2v) is 6.04. The SMILES string of the molecule is Cl.Cl.NC1CCN(Cc2ccc(Br)s2)C1. The summed E-state index contributed by atoms with van der Waals surface area (Å²) in [7, 11) is 0. The highest BCUT2D eigenvalue weighted by Crippen LogP contribution is 2.24. The monoisotopic (exact) mass is 332 g/mol. The minimum atomic E-state index is 0. The molecule has 2 N–H and O–H groups in total. The third-order valence-corrected chi connectivity index (χ3v) is 3.93. The minimum absolute atomic E-state index is 0. The molecule has 1 fully saturated rings. The molecule has 2 heterocycles. The highest BCUT2D eigenvalue weighted by Gasteiger charge is 2.19. The molecule has 1 aromatic heterocycles. The summed E-state index contributed by atoms with van der Waals surface area (Å²) in [5.74, 6) is 0. The smallest absolute Gasteiger partial charge is 0.0701 e. The van der Waals surface area contributed by atoms with Crippen molar-refractivity contribution in [1.29, 1.82) is 0 Å². The zero-order chi connectivity index (χ0) is 9.26. The van der Waals surface area contributed by atoms with Gasteiger partial charge in [0.05, 0.1) is 3.79 Å². The maximum Gasteiger partial charge on any atom is 0.0701 e. The summed E-state index contributed by atoms with van der Waals surface area (Å²) in [4.78, 5) is 3.84. The van der Waals surface area contributed by atoms with Crippen LogP contribution >= 0.6 is 52.1 Å². The molecule has 2 rings (SSSR count). The number of thiophene rings is 1. The Morgan fingerprint density at radius 3 is 2.67 bits per heavy atom. The molecule has 0 bridgehead atoms. The number of nitrogens with two attached hydrogens (primary N) is 1. The van der Waals surface area contributed by atoms with Gasteiger partial charge in [0.1, 0.15) is 0 Å². The van der Waals surface area contributed by atoms with E-state index in [-0.39, 0.29) is 24.8 Å². The summed E-state index contributed by atoms with van der Waals surface area (Å²) in [5.41, 5.74) is 5.84. The number of halogens is 3. The summed E-state index contributed by atoms with van der Waals surface area (Å²) < 4.78 is 1.21. The van der Waals surface area contributed by atoms with Gasteiger partial charge in [0.2, 0.25) is 0 Å². The number of hydrogen-bond donors (Lipinski definition) is 1. The van der Waals surface area contributed by atoms with Crippen LogP contribution in [-0.2, 0) is 6.54 Å². The molecule has 1 atom stereocenters. The molecule has 0 saturated carbocycles. The van der Waals surface area contributed by atoms with Crippen molar-refractivity contribution in [1.82, 2.24) is 4.90 Å². The summed E-state index contributed by atoms with van der Waals surface area (Å²) >= 11 is 5.28. The Morgan fingerprint density at radius 2 is 2.20 bits per heavy atom. The van der Waals surface area contributed by atoms with E-state index in [1.807, 2.05) is 11.3 Å². The normalized spacial score (nSPS) is 20.8. The molecule has 1 aromatic rings. The van der Waals surface area contributed by atoms with Crippen LogP contribution in [0.5, 0.6) is 0 Å². The molecule has 0 aliphatic carbocycles. The van der Waals surface area contributed by atoms with E-state index >= 15 is 0 Å². The van der Waals surface area contributed by atoms with Crippen LogP contribution in [0.1, 0.15) is 11.3 Å². The van der Waals surface area contributed by atoms with Gasteiger partial charge in [-0.05, 0) is 34.5 Å². The van der Waals surface area contributed by atoms with Gasteiger partial charge >= 0.3 is 0 Å². The summed E-state index contributed by atoms with van der Waals surface area (Å²) in [6.07, 6.45) is 1.15. The molecule has 1 aliphatic rings. The van der Waals surface area contributed by atoms with Crippen LogP contribution in [0.15, 0.2) is 15.9 Å². The molecule has 2 nitrogen and oxygen atoms in total. The first-order valence-corrected chi connectivity index (χ1v) is 6.07. The van der Waals surface area contributed by atoms with Gasteiger partial charge in [0.15, 0.2) is 0 Å². The molecule has 15 heavy (non-hydrogen) atoms. The highest BCUT2D eigenvalue weighted by atomic mass is 79.9. The number of nitrogens with zero attached hydrogens (tertiary/aromatic N) is 1. The third-order valence-electron chi connectivity index (χ3n) is 2.32. The lowest BCUT2D eigenvalue weighted by Crippen LogP contribution is -2.25. The molecular weight excluding hydrogens is 319 g/mol. The van der Waals surface area contributed by atoms with Crippen LogP contribution in [0, 0.1) is 0 Å². The van der Waals surface area contributed by atoms with Crippen molar-refractivity contribution >= 4 is 52.1 Å². The van der Waals surface area contributed by atoms with Crippen LogP contribution in [0.2, 0.25) is 0 Å². The lowest BCUT2D eigenvalue weighted by Gasteiger charge is -2.12. The molecule has 0 radical (unpaired) electrons. The van der Waals surface area contributed by atoms with Gasteiger partial charge < -0.3 is 5.73 Å². The van der Waals surface area contributed by atoms with Gasteiger partial charge in [-0.1, -0.05) is 0 Å². The van der Waals surface area contributed by atoms with E-state index in [1.165, 1.54) is 8.66 Å². The molecule has 88 valence electrons. The zero-order valence-electron chi connectivity index (χ0n) is 8.19. The molecule has 1 unspecified atom stereocenters. The molecule has 0 spiro atoms. The van der Waals surface area contributed by atoms with Gasteiger partial charge in [-0.2, -0.15) is 0 Å². The Balaban J connectivity index is 0.000000980. The summed E-state index contributed by atoms with van der Waals surface area (Å²) in [5, 5.41) is 0. The zero-order valence-corrected chi connectivity index (χ0v) is 12.2. The largest absolute Gasteiger partial charge is 0.326 e. The standard InChI is InChI=1S/C9H13BrN2S.2ClH/c10-9-2-1-8(13-9)6-12-4-3-7(11)5-12;;/h1-2,7H,3-6,11H2;2*1H. The summed E-state index contributed by atoms with van der Waals surface area (Å²) in [6, 6.07) is 4.68. The van der Waals surface area contributed by atoms with Crippen molar-refractivity contribution in [2.75, 3.05) is 13.1 Å². The van der Waals surface area contributed by atoms with Crippen LogP contribution in [-0.4, -0.2) is 24.0 Å². The predicted molar refractivity (Wildman–Crippen MR) is 74.4 cm³/mol. The van der Waals surface area contributed by atoms with Crippen molar-refractivity contribution in [2.24, 2.45) is 5.73 Å². The van der Waals surface area contributed by atoms with E-state index < -0.39 is 0 Å². The van der Waals surface area contributed by atoms with Crippen molar-refractivity contribution in [3.05, 3.63) is 20.8 Å². The molecule has 1 aliphatic heterocycles. The molecule has 0 aromatic carbocycles. The highest BCUT2D eigenvalue weighted by molar-refractivity contribution is 9.11. The van der Waals surface area contributed by atoms with Crippen LogP contribution in [0.25, 0.3) is 0 Å². The number of rotatable bonds is 2.